The normalized spacial score (nSPS) is 37.1. The van der Waals surface area contributed by atoms with Crippen LogP contribution in [-0.2, 0) is 19.2 Å². The van der Waals surface area contributed by atoms with Crippen LogP contribution >= 0.6 is 0 Å². The molecule has 4 atom stereocenters. The summed E-state index contributed by atoms with van der Waals surface area (Å²) >= 11 is 0. The smallest absolute Gasteiger partial charge is 0.169 e. The minimum atomic E-state index is -0.483. The molecule has 4 aliphatic rings. The van der Waals surface area contributed by atoms with E-state index >= 15 is 0 Å². The largest absolute Gasteiger partial charge is 0.382 e. The number of nitrogen functional groups attached to an aromatic ring is 1. The molecule has 0 aromatic carbocycles. The summed E-state index contributed by atoms with van der Waals surface area (Å²) in [6.45, 7) is 1.34. The van der Waals surface area contributed by atoms with Crippen molar-refractivity contribution in [2.75, 3.05) is 33.0 Å². The second-order valence-electron chi connectivity index (χ2n) is 7.62. The fraction of sp³-hybridized carbons (Fsp3) is 0.706. The number of ether oxygens (including phenoxy) is 2. The molecule has 3 saturated heterocycles. The van der Waals surface area contributed by atoms with Gasteiger partial charge >= 0.3 is 0 Å². The zero-order chi connectivity index (χ0) is 18.5. The van der Waals surface area contributed by atoms with Crippen molar-refractivity contribution < 1.29 is 19.2 Å². The van der Waals surface area contributed by atoms with Gasteiger partial charge in [-0.3, -0.25) is 4.57 Å². The Morgan fingerprint density at radius 1 is 1.26 bits per heavy atom. The molecule has 0 spiro atoms. The van der Waals surface area contributed by atoms with Gasteiger partial charge in [0.1, 0.15) is 24.1 Å². The summed E-state index contributed by atoms with van der Waals surface area (Å²) in [6, 6.07) is 0.553. The van der Waals surface area contributed by atoms with E-state index in [4.69, 9.17) is 25.0 Å². The van der Waals surface area contributed by atoms with Gasteiger partial charge in [0.2, 0.25) is 0 Å². The number of rotatable bonds is 2. The maximum atomic E-state index is 6.38. The number of imidazole rings is 1. The van der Waals surface area contributed by atoms with Crippen molar-refractivity contribution in [1.82, 2.24) is 24.4 Å². The summed E-state index contributed by atoms with van der Waals surface area (Å²) in [5.74, 6) is 0.871. The van der Waals surface area contributed by atoms with Crippen LogP contribution in [-0.4, -0.2) is 76.1 Å². The van der Waals surface area contributed by atoms with E-state index in [2.05, 4.69) is 26.9 Å². The standard InChI is InChI=1S/C17H24N6O4/c1-22-5-11-13(24-2)14(27-25-6-9-3-10(22)4-9)17(26-11)23-8-21-12-15(18)19-7-20-16(12)23/h7-11,13-14,17H,3-6H2,1-2H3,(H2,18,19,20)/t9?,10?,11-,13-,14-,17-/m1/s1. The van der Waals surface area contributed by atoms with E-state index in [0.29, 0.717) is 35.5 Å². The first kappa shape index (κ1) is 17.3. The van der Waals surface area contributed by atoms with Crippen LogP contribution in [0.2, 0.25) is 0 Å². The van der Waals surface area contributed by atoms with E-state index in [1.807, 2.05) is 4.57 Å². The van der Waals surface area contributed by atoms with Gasteiger partial charge in [-0.2, -0.15) is 0 Å². The van der Waals surface area contributed by atoms with E-state index in [1.54, 1.807) is 13.4 Å². The van der Waals surface area contributed by atoms with Gasteiger partial charge in [0.05, 0.1) is 12.9 Å². The molecule has 0 radical (unpaired) electrons. The Bertz CT molecular complexity index is 825. The number of nitrogens with zero attached hydrogens (tertiary/aromatic N) is 5. The average Bonchev–Trinajstić information content (AvgIpc) is 3.16. The van der Waals surface area contributed by atoms with E-state index < -0.39 is 12.3 Å². The molecule has 146 valence electrons. The number of methoxy groups -OCH3 is 1. The molecule has 2 N–H and O–H groups in total. The predicted octanol–water partition coefficient (Wildman–Crippen LogP) is 0.362. The predicted molar refractivity (Wildman–Crippen MR) is 94.4 cm³/mol. The molecular formula is C17H24N6O4. The Labute approximate surface area is 156 Å². The molecule has 27 heavy (non-hydrogen) atoms. The van der Waals surface area contributed by atoms with Gasteiger partial charge in [-0.15, -0.1) is 0 Å². The Morgan fingerprint density at radius 2 is 2.11 bits per heavy atom. The van der Waals surface area contributed by atoms with Crippen LogP contribution in [0.1, 0.15) is 19.1 Å². The first-order valence-corrected chi connectivity index (χ1v) is 9.25. The fourth-order valence-electron chi connectivity index (χ4n) is 4.37. The maximum Gasteiger partial charge on any atom is 0.169 e. The minimum Gasteiger partial charge on any atom is -0.382 e. The van der Waals surface area contributed by atoms with Gasteiger partial charge in [0, 0.05) is 19.7 Å². The second-order valence-corrected chi connectivity index (χ2v) is 7.62. The molecule has 1 saturated carbocycles. The first-order valence-electron chi connectivity index (χ1n) is 9.25. The van der Waals surface area contributed by atoms with Crippen LogP contribution < -0.4 is 5.73 Å². The third-order valence-corrected chi connectivity index (χ3v) is 6.00. The molecule has 3 aliphatic heterocycles. The molecule has 4 fully saturated rings. The van der Waals surface area contributed by atoms with Gasteiger partial charge in [-0.25, -0.2) is 24.7 Å². The Kier molecular flexibility index (Phi) is 4.25. The van der Waals surface area contributed by atoms with Crippen LogP contribution in [0.25, 0.3) is 11.2 Å². The van der Waals surface area contributed by atoms with Gasteiger partial charge in [0.25, 0.3) is 0 Å². The number of fused-ring (bicyclic) bond motifs is 4. The number of likely N-dealkylation sites (N-methyl/N-ethyl adjacent to an activating group) is 1. The summed E-state index contributed by atoms with van der Waals surface area (Å²) in [7, 11) is 3.81. The van der Waals surface area contributed by atoms with Gasteiger partial charge in [0.15, 0.2) is 23.8 Å². The highest BCUT2D eigenvalue weighted by Crippen LogP contribution is 2.39. The van der Waals surface area contributed by atoms with E-state index in [9.17, 15) is 0 Å². The van der Waals surface area contributed by atoms with Crippen molar-refractivity contribution >= 4 is 17.0 Å². The first-order chi connectivity index (χ1) is 13.2. The lowest BCUT2D eigenvalue weighted by atomic mass is 9.80. The average molecular weight is 376 g/mol. The molecule has 10 heteroatoms. The summed E-state index contributed by atoms with van der Waals surface area (Å²) in [4.78, 5) is 26.4. The molecule has 1 aliphatic carbocycles. The zero-order valence-corrected chi connectivity index (χ0v) is 15.4. The van der Waals surface area contributed by atoms with Crippen molar-refractivity contribution in [2.24, 2.45) is 5.92 Å². The Balaban J connectivity index is 1.50. The van der Waals surface area contributed by atoms with Gasteiger partial charge in [-0.1, -0.05) is 0 Å². The molecule has 10 nitrogen and oxygen atoms in total. The molecule has 4 bridgehead atoms. The quantitative estimate of drug-likeness (QED) is 0.743. The summed E-state index contributed by atoms with van der Waals surface area (Å²) in [5, 5.41) is 0. The van der Waals surface area contributed by atoms with Gasteiger partial charge < -0.3 is 20.1 Å². The van der Waals surface area contributed by atoms with Crippen molar-refractivity contribution in [3.05, 3.63) is 12.7 Å². The van der Waals surface area contributed by atoms with Crippen LogP contribution in [0.4, 0.5) is 5.82 Å². The zero-order valence-electron chi connectivity index (χ0n) is 15.4. The monoisotopic (exact) mass is 376 g/mol. The maximum absolute atomic E-state index is 6.38. The molecular weight excluding hydrogens is 352 g/mol. The van der Waals surface area contributed by atoms with Gasteiger partial charge in [-0.05, 0) is 25.8 Å². The lowest BCUT2D eigenvalue weighted by Crippen LogP contribution is -2.48. The lowest BCUT2D eigenvalue weighted by Gasteiger charge is -2.41. The highest BCUT2D eigenvalue weighted by molar-refractivity contribution is 5.81. The molecule has 2 aromatic heterocycles. The van der Waals surface area contributed by atoms with E-state index in [1.165, 1.54) is 6.33 Å². The Morgan fingerprint density at radius 3 is 2.93 bits per heavy atom. The highest BCUT2D eigenvalue weighted by atomic mass is 17.2. The lowest BCUT2D eigenvalue weighted by molar-refractivity contribution is -0.353. The number of anilines is 1. The molecule has 6 rings (SSSR count). The fourth-order valence-corrected chi connectivity index (χ4v) is 4.37. The number of aromatic nitrogens is 4. The number of hydrogen-bond acceptors (Lipinski definition) is 9. The summed E-state index contributed by atoms with van der Waals surface area (Å²) in [5.41, 5.74) is 7.06. The van der Waals surface area contributed by atoms with Crippen molar-refractivity contribution in [2.45, 2.75) is 43.4 Å². The van der Waals surface area contributed by atoms with Crippen LogP contribution in [0.15, 0.2) is 12.7 Å². The summed E-state index contributed by atoms with van der Waals surface area (Å²) in [6.07, 6.45) is 3.96. The van der Waals surface area contributed by atoms with E-state index in [-0.39, 0.29) is 12.2 Å². The Hall–Kier alpha value is -1.85. The van der Waals surface area contributed by atoms with E-state index in [0.717, 1.165) is 19.4 Å². The topological polar surface area (TPSA) is 110 Å². The number of nitrogens with two attached hydrogens (primary N) is 1. The summed E-state index contributed by atoms with van der Waals surface area (Å²) < 4.78 is 14.0. The molecule has 0 amide bonds. The third kappa shape index (κ3) is 2.79. The minimum absolute atomic E-state index is 0.160. The van der Waals surface area contributed by atoms with Crippen molar-refractivity contribution in [1.29, 1.82) is 0 Å². The molecule has 0 unspecified atom stereocenters. The van der Waals surface area contributed by atoms with Crippen molar-refractivity contribution in [3.63, 3.8) is 0 Å². The van der Waals surface area contributed by atoms with Crippen LogP contribution in [0, 0.1) is 5.92 Å². The second kappa shape index (κ2) is 6.64. The molecule has 2 aromatic rings. The van der Waals surface area contributed by atoms with Crippen LogP contribution in [0.3, 0.4) is 0 Å². The third-order valence-electron chi connectivity index (χ3n) is 6.00. The molecule has 5 heterocycles. The van der Waals surface area contributed by atoms with Crippen LogP contribution in [0.5, 0.6) is 0 Å². The highest BCUT2D eigenvalue weighted by Gasteiger charge is 2.50. The van der Waals surface area contributed by atoms with Crippen molar-refractivity contribution in [3.8, 4) is 0 Å². The number of hydrogen-bond donors (Lipinski definition) is 1. The SMILES string of the molecule is CO[C@H]1[C@H]2OOCC3CC(C3)N(C)C[C@H]1O[C@H]2n1cnc2c(N)ncnc21.